The standard InChI is InChI=1S/C19H17NOS2/c1-13-3-7-15(8-4-13)11-17-18(21)20(19(22)23-17)12-16-9-5-14(2)6-10-16/h3-11H,12H2,1-2H3. The van der Waals surface area contributed by atoms with E-state index in [9.17, 15) is 4.79 Å². The molecule has 1 saturated heterocycles. The van der Waals surface area contributed by atoms with Crippen molar-refractivity contribution in [1.29, 1.82) is 0 Å². The third-order valence-electron chi connectivity index (χ3n) is 3.71. The lowest BCUT2D eigenvalue weighted by Crippen LogP contribution is -2.27. The predicted molar refractivity (Wildman–Crippen MR) is 101 cm³/mol. The largest absolute Gasteiger partial charge is 0.288 e. The van der Waals surface area contributed by atoms with Crippen LogP contribution in [0.1, 0.15) is 22.3 Å². The van der Waals surface area contributed by atoms with Crippen LogP contribution in [0.4, 0.5) is 0 Å². The summed E-state index contributed by atoms with van der Waals surface area (Å²) >= 11 is 6.76. The monoisotopic (exact) mass is 339 g/mol. The number of thiocarbonyl (C=S) groups is 1. The van der Waals surface area contributed by atoms with Crippen molar-refractivity contribution >= 4 is 40.3 Å². The van der Waals surface area contributed by atoms with Gasteiger partial charge in [0.25, 0.3) is 5.91 Å². The molecule has 2 nitrogen and oxygen atoms in total. The summed E-state index contributed by atoms with van der Waals surface area (Å²) in [6.45, 7) is 4.62. The number of amides is 1. The first-order valence-electron chi connectivity index (χ1n) is 7.40. The lowest BCUT2D eigenvalue weighted by molar-refractivity contribution is -0.122. The maximum absolute atomic E-state index is 12.6. The molecule has 116 valence electrons. The van der Waals surface area contributed by atoms with Gasteiger partial charge in [-0.3, -0.25) is 9.69 Å². The first kappa shape index (κ1) is 16.0. The molecule has 1 aliphatic rings. The minimum atomic E-state index is -0.0128. The van der Waals surface area contributed by atoms with Crippen LogP contribution in [0.3, 0.4) is 0 Å². The summed E-state index contributed by atoms with van der Waals surface area (Å²) in [5.41, 5.74) is 4.52. The molecule has 1 heterocycles. The number of carbonyl (C=O) groups is 1. The number of aryl methyl sites for hydroxylation is 2. The second-order valence-electron chi connectivity index (χ2n) is 5.66. The van der Waals surface area contributed by atoms with Gasteiger partial charge in [0, 0.05) is 0 Å². The number of hydrogen-bond donors (Lipinski definition) is 0. The number of carbonyl (C=O) groups excluding carboxylic acids is 1. The highest BCUT2D eigenvalue weighted by molar-refractivity contribution is 8.26. The van der Waals surface area contributed by atoms with Crippen LogP contribution >= 0.6 is 24.0 Å². The average molecular weight is 339 g/mol. The molecule has 0 unspecified atom stereocenters. The molecule has 0 aromatic heterocycles. The van der Waals surface area contributed by atoms with E-state index in [2.05, 4.69) is 12.1 Å². The van der Waals surface area contributed by atoms with E-state index >= 15 is 0 Å². The van der Waals surface area contributed by atoms with Crippen LogP contribution in [0.5, 0.6) is 0 Å². The maximum atomic E-state index is 12.6. The van der Waals surface area contributed by atoms with Crippen molar-refractivity contribution in [2.75, 3.05) is 0 Å². The lowest BCUT2D eigenvalue weighted by Gasteiger charge is -2.14. The summed E-state index contributed by atoms with van der Waals surface area (Å²) in [7, 11) is 0. The highest BCUT2D eigenvalue weighted by Gasteiger charge is 2.31. The van der Waals surface area contributed by atoms with Crippen LogP contribution < -0.4 is 0 Å². The lowest BCUT2D eigenvalue weighted by atomic mass is 10.1. The Morgan fingerprint density at radius 3 is 2.17 bits per heavy atom. The van der Waals surface area contributed by atoms with Gasteiger partial charge in [-0.05, 0) is 31.1 Å². The molecule has 3 rings (SSSR count). The van der Waals surface area contributed by atoms with Crippen molar-refractivity contribution in [3.05, 3.63) is 75.7 Å². The molecular weight excluding hydrogens is 322 g/mol. The molecule has 2 aromatic carbocycles. The Balaban J connectivity index is 1.79. The molecule has 4 heteroatoms. The van der Waals surface area contributed by atoms with Gasteiger partial charge in [-0.15, -0.1) is 0 Å². The Kier molecular flexibility index (Phi) is 4.64. The third kappa shape index (κ3) is 3.71. The van der Waals surface area contributed by atoms with E-state index in [1.165, 1.54) is 22.9 Å². The Labute approximate surface area is 146 Å². The first-order chi connectivity index (χ1) is 11.0. The number of hydrogen-bond acceptors (Lipinski definition) is 3. The van der Waals surface area contributed by atoms with Gasteiger partial charge < -0.3 is 0 Å². The van der Waals surface area contributed by atoms with Crippen LogP contribution in [0, 0.1) is 13.8 Å². The fraction of sp³-hybridized carbons (Fsp3) is 0.158. The van der Waals surface area contributed by atoms with Gasteiger partial charge in [-0.1, -0.05) is 83.6 Å². The fourth-order valence-corrected chi connectivity index (χ4v) is 3.58. The first-order valence-corrected chi connectivity index (χ1v) is 8.63. The van der Waals surface area contributed by atoms with Crippen molar-refractivity contribution in [2.45, 2.75) is 20.4 Å². The molecule has 23 heavy (non-hydrogen) atoms. The number of thioether (sulfide) groups is 1. The summed E-state index contributed by atoms with van der Waals surface area (Å²) in [6.07, 6.45) is 1.91. The van der Waals surface area contributed by atoms with E-state index in [0.717, 1.165) is 11.1 Å². The molecule has 0 radical (unpaired) electrons. The van der Waals surface area contributed by atoms with Gasteiger partial charge in [0.05, 0.1) is 11.4 Å². The fourth-order valence-electron chi connectivity index (χ4n) is 2.33. The van der Waals surface area contributed by atoms with Gasteiger partial charge in [0.15, 0.2) is 0 Å². The maximum Gasteiger partial charge on any atom is 0.266 e. The molecule has 0 saturated carbocycles. The number of rotatable bonds is 3. The summed E-state index contributed by atoms with van der Waals surface area (Å²) < 4.78 is 0.619. The van der Waals surface area contributed by atoms with E-state index < -0.39 is 0 Å². The quantitative estimate of drug-likeness (QED) is 0.597. The topological polar surface area (TPSA) is 20.3 Å². The molecule has 0 N–H and O–H groups in total. The van der Waals surface area contributed by atoms with Crippen molar-refractivity contribution in [2.24, 2.45) is 0 Å². The van der Waals surface area contributed by atoms with Gasteiger partial charge in [0.2, 0.25) is 0 Å². The summed E-state index contributed by atoms with van der Waals surface area (Å²) in [5.74, 6) is -0.0128. The Morgan fingerprint density at radius 1 is 1.00 bits per heavy atom. The zero-order valence-electron chi connectivity index (χ0n) is 13.1. The van der Waals surface area contributed by atoms with Crippen molar-refractivity contribution in [3.63, 3.8) is 0 Å². The van der Waals surface area contributed by atoms with Gasteiger partial charge >= 0.3 is 0 Å². The predicted octanol–water partition coefficient (Wildman–Crippen LogP) is 4.70. The van der Waals surface area contributed by atoms with Crippen LogP contribution in [0.25, 0.3) is 6.08 Å². The number of nitrogens with zero attached hydrogens (tertiary/aromatic N) is 1. The molecule has 0 atom stereocenters. The van der Waals surface area contributed by atoms with E-state index in [0.29, 0.717) is 15.8 Å². The normalized spacial score (nSPS) is 16.4. The summed E-state index contributed by atoms with van der Waals surface area (Å²) in [6, 6.07) is 16.3. The molecule has 0 aliphatic carbocycles. The Bertz CT molecular complexity index is 776. The molecule has 1 aliphatic heterocycles. The minimum absolute atomic E-state index is 0.0128. The Morgan fingerprint density at radius 2 is 1.57 bits per heavy atom. The molecule has 1 fully saturated rings. The highest BCUT2D eigenvalue weighted by atomic mass is 32.2. The molecule has 1 amide bonds. The zero-order chi connectivity index (χ0) is 16.4. The van der Waals surface area contributed by atoms with Gasteiger partial charge in [-0.2, -0.15) is 0 Å². The van der Waals surface area contributed by atoms with E-state index in [4.69, 9.17) is 12.2 Å². The smallest absolute Gasteiger partial charge is 0.266 e. The van der Waals surface area contributed by atoms with E-state index in [-0.39, 0.29) is 5.91 Å². The second-order valence-corrected chi connectivity index (χ2v) is 7.34. The molecule has 0 bridgehead atoms. The average Bonchev–Trinajstić information content (AvgIpc) is 2.79. The van der Waals surface area contributed by atoms with E-state index in [1.807, 2.05) is 56.3 Å². The number of benzene rings is 2. The second kappa shape index (κ2) is 6.69. The zero-order valence-corrected chi connectivity index (χ0v) is 14.7. The minimum Gasteiger partial charge on any atom is -0.288 e. The SMILES string of the molecule is Cc1ccc(C=C2SC(=S)N(Cc3ccc(C)cc3)C2=O)cc1. The molecular formula is C19H17NOS2. The van der Waals surface area contributed by atoms with E-state index in [1.54, 1.807) is 4.90 Å². The van der Waals surface area contributed by atoms with Crippen molar-refractivity contribution < 1.29 is 4.79 Å². The highest BCUT2D eigenvalue weighted by Crippen LogP contribution is 2.33. The van der Waals surface area contributed by atoms with Gasteiger partial charge in [0.1, 0.15) is 4.32 Å². The van der Waals surface area contributed by atoms with Crippen molar-refractivity contribution in [1.82, 2.24) is 4.90 Å². The molecule has 0 spiro atoms. The van der Waals surface area contributed by atoms with Crippen LogP contribution in [-0.2, 0) is 11.3 Å². The molecule has 2 aromatic rings. The van der Waals surface area contributed by atoms with Gasteiger partial charge in [-0.25, -0.2) is 0 Å². The Hall–Kier alpha value is -1.91. The van der Waals surface area contributed by atoms with Crippen LogP contribution in [0.15, 0.2) is 53.4 Å². The summed E-state index contributed by atoms with van der Waals surface area (Å²) in [4.78, 5) is 15.0. The van der Waals surface area contributed by atoms with Crippen LogP contribution in [-0.4, -0.2) is 15.1 Å². The summed E-state index contributed by atoms with van der Waals surface area (Å²) in [5, 5.41) is 0. The van der Waals surface area contributed by atoms with Crippen LogP contribution in [0.2, 0.25) is 0 Å². The third-order valence-corrected chi connectivity index (χ3v) is 5.09. The van der Waals surface area contributed by atoms with Crippen molar-refractivity contribution in [3.8, 4) is 0 Å².